The van der Waals surface area contributed by atoms with E-state index in [0.717, 1.165) is 32.1 Å². The lowest BCUT2D eigenvalue weighted by Crippen LogP contribution is -2.37. The number of aromatic amines is 1. The molecule has 0 spiro atoms. The number of anilines is 1. The van der Waals surface area contributed by atoms with Crippen molar-refractivity contribution >= 4 is 50.8 Å². The van der Waals surface area contributed by atoms with Crippen LogP contribution < -0.4 is 16.2 Å². The molecule has 2 heterocycles. The molecule has 3 rings (SSSR count). The summed E-state index contributed by atoms with van der Waals surface area (Å²) in [5.74, 6) is 0.410. The zero-order chi connectivity index (χ0) is 22.7. The summed E-state index contributed by atoms with van der Waals surface area (Å²) in [5.41, 5.74) is 3.64. The number of carbonyl (C=O) groups is 2. The second-order valence-corrected chi connectivity index (χ2v) is 9.98. The van der Waals surface area contributed by atoms with Gasteiger partial charge in [0.05, 0.1) is 22.9 Å². The number of carbonyl (C=O) groups excluding carboxylic acids is 2. The number of amides is 2. The van der Waals surface area contributed by atoms with E-state index in [9.17, 15) is 14.4 Å². The Morgan fingerprint density at radius 1 is 1.19 bits per heavy atom. The maximum atomic E-state index is 12.4. The van der Waals surface area contributed by atoms with Crippen LogP contribution in [0.5, 0.6) is 0 Å². The molecule has 3 aromatic rings. The van der Waals surface area contributed by atoms with Gasteiger partial charge in [0.1, 0.15) is 10.7 Å². The zero-order valence-corrected chi connectivity index (χ0v) is 19.8. The van der Waals surface area contributed by atoms with Gasteiger partial charge in [0.2, 0.25) is 11.8 Å². The lowest BCUT2D eigenvalue weighted by Gasteiger charge is -2.13. The van der Waals surface area contributed by atoms with E-state index in [-0.39, 0.29) is 23.9 Å². The maximum Gasteiger partial charge on any atom is 0.259 e. The second-order valence-electron chi connectivity index (χ2n) is 7.44. The molecule has 31 heavy (non-hydrogen) atoms. The van der Waals surface area contributed by atoms with Crippen LogP contribution in [0.15, 0.2) is 23.0 Å². The quantitative estimate of drug-likeness (QED) is 0.502. The van der Waals surface area contributed by atoms with E-state index in [4.69, 9.17) is 0 Å². The third-order valence-corrected chi connectivity index (χ3v) is 7.48. The van der Waals surface area contributed by atoms with Crippen molar-refractivity contribution < 1.29 is 9.59 Å². The van der Waals surface area contributed by atoms with Crippen molar-refractivity contribution in [2.75, 3.05) is 11.9 Å². The predicted molar refractivity (Wildman–Crippen MR) is 128 cm³/mol. The number of hydrogen-bond acceptors (Lipinski definition) is 6. The van der Waals surface area contributed by atoms with E-state index in [2.05, 4.69) is 20.6 Å². The highest BCUT2D eigenvalue weighted by molar-refractivity contribution is 7.99. The number of fused-ring (bicyclic) bond motifs is 1. The summed E-state index contributed by atoms with van der Waals surface area (Å²) in [5, 5.41) is 5.72. The van der Waals surface area contributed by atoms with Gasteiger partial charge in [0.15, 0.2) is 0 Å². The van der Waals surface area contributed by atoms with Gasteiger partial charge >= 0.3 is 0 Å². The molecule has 0 aliphatic carbocycles. The Morgan fingerprint density at radius 2 is 1.94 bits per heavy atom. The number of nitrogens with zero attached hydrogens (tertiary/aromatic N) is 1. The van der Waals surface area contributed by atoms with Gasteiger partial charge < -0.3 is 15.6 Å². The highest BCUT2D eigenvalue weighted by atomic mass is 32.2. The van der Waals surface area contributed by atoms with E-state index in [1.165, 1.54) is 23.1 Å². The molecule has 1 unspecified atom stereocenters. The van der Waals surface area contributed by atoms with Gasteiger partial charge in [0, 0.05) is 10.6 Å². The standard InChI is InChI=1S/C22H26N4O3S2/c1-11-7-6-8-16(12(11)2)24-18(27)9-23-20(28)15(5)30-10-17-25-21(29)19-13(3)14(4)31-22(19)26-17/h6-8,15H,9-10H2,1-5H3,(H,23,28)(H,24,27)(H,25,26,29). The zero-order valence-electron chi connectivity index (χ0n) is 18.2. The molecule has 164 valence electrons. The van der Waals surface area contributed by atoms with E-state index in [0.29, 0.717) is 17.0 Å². The number of H-pyrrole nitrogens is 1. The highest BCUT2D eigenvalue weighted by Crippen LogP contribution is 2.26. The molecule has 3 N–H and O–H groups in total. The van der Waals surface area contributed by atoms with Crippen molar-refractivity contribution in [3.63, 3.8) is 0 Å². The van der Waals surface area contributed by atoms with Crippen molar-refractivity contribution in [2.24, 2.45) is 0 Å². The number of nitrogens with one attached hydrogen (secondary N) is 3. The highest BCUT2D eigenvalue weighted by Gasteiger charge is 2.17. The van der Waals surface area contributed by atoms with Crippen molar-refractivity contribution in [1.29, 1.82) is 0 Å². The fourth-order valence-electron chi connectivity index (χ4n) is 3.04. The van der Waals surface area contributed by atoms with Gasteiger partial charge in [-0.2, -0.15) is 0 Å². The molecular formula is C22H26N4O3S2. The average molecular weight is 459 g/mol. The summed E-state index contributed by atoms with van der Waals surface area (Å²) in [6.07, 6.45) is 0. The van der Waals surface area contributed by atoms with Crippen LogP contribution >= 0.6 is 23.1 Å². The number of thioether (sulfide) groups is 1. The first-order valence-corrected chi connectivity index (χ1v) is 11.8. The van der Waals surface area contributed by atoms with Crippen molar-refractivity contribution in [3.8, 4) is 0 Å². The first-order valence-electron chi connectivity index (χ1n) is 9.91. The van der Waals surface area contributed by atoms with Gasteiger partial charge in [-0.05, 0) is 57.4 Å². The minimum absolute atomic E-state index is 0.105. The minimum Gasteiger partial charge on any atom is -0.346 e. The third-order valence-electron chi connectivity index (χ3n) is 5.23. The first kappa shape index (κ1) is 23.0. The van der Waals surface area contributed by atoms with Crippen LogP contribution in [0.2, 0.25) is 0 Å². The van der Waals surface area contributed by atoms with E-state index >= 15 is 0 Å². The number of aromatic nitrogens is 2. The van der Waals surface area contributed by atoms with Gasteiger partial charge in [-0.25, -0.2) is 4.98 Å². The second kappa shape index (κ2) is 9.65. The maximum absolute atomic E-state index is 12.4. The van der Waals surface area contributed by atoms with Crippen LogP contribution in [-0.2, 0) is 15.3 Å². The van der Waals surface area contributed by atoms with Crippen molar-refractivity contribution in [1.82, 2.24) is 15.3 Å². The minimum atomic E-state index is -0.402. The third kappa shape index (κ3) is 5.34. The Hall–Kier alpha value is -2.65. The summed E-state index contributed by atoms with van der Waals surface area (Å²) in [7, 11) is 0. The van der Waals surface area contributed by atoms with Crippen LogP contribution in [0.4, 0.5) is 5.69 Å². The molecule has 2 aromatic heterocycles. The summed E-state index contributed by atoms with van der Waals surface area (Å²) in [6, 6.07) is 5.69. The van der Waals surface area contributed by atoms with Gasteiger partial charge in [0.25, 0.3) is 5.56 Å². The summed E-state index contributed by atoms with van der Waals surface area (Å²) in [6.45, 7) is 9.47. The average Bonchev–Trinajstić information content (AvgIpc) is 3.01. The lowest BCUT2D eigenvalue weighted by atomic mass is 10.1. The van der Waals surface area contributed by atoms with E-state index in [1.54, 1.807) is 6.92 Å². The van der Waals surface area contributed by atoms with Gasteiger partial charge in [-0.1, -0.05) is 12.1 Å². The van der Waals surface area contributed by atoms with Crippen molar-refractivity contribution in [2.45, 2.75) is 45.6 Å². The Balaban J connectivity index is 1.52. The Kier molecular flexibility index (Phi) is 7.17. The van der Waals surface area contributed by atoms with Crippen LogP contribution in [-0.4, -0.2) is 33.6 Å². The normalized spacial score (nSPS) is 12.0. The fourth-order valence-corrected chi connectivity index (χ4v) is 4.87. The molecule has 9 heteroatoms. The Labute approximate surface area is 189 Å². The lowest BCUT2D eigenvalue weighted by molar-refractivity contribution is -0.123. The Morgan fingerprint density at radius 3 is 2.68 bits per heavy atom. The number of thiophene rings is 1. The number of benzene rings is 1. The molecule has 0 bridgehead atoms. The van der Waals surface area contributed by atoms with Gasteiger partial charge in [-0.15, -0.1) is 23.1 Å². The smallest absolute Gasteiger partial charge is 0.259 e. The largest absolute Gasteiger partial charge is 0.346 e. The van der Waals surface area contributed by atoms with E-state index in [1.807, 2.05) is 45.9 Å². The Bertz CT molecular complexity index is 1200. The van der Waals surface area contributed by atoms with E-state index < -0.39 is 5.25 Å². The molecule has 0 saturated heterocycles. The number of aryl methyl sites for hydroxylation is 3. The predicted octanol–water partition coefficient (Wildman–Crippen LogP) is 3.59. The monoisotopic (exact) mass is 458 g/mol. The molecule has 1 aromatic carbocycles. The molecule has 0 aliphatic heterocycles. The van der Waals surface area contributed by atoms with Crippen LogP contribution in [0.1, 0.15) is 34.3 Å². The van der Waals surface area contributed by atoms with Gasteiger partial charge in [-0.3, -0.25) is 14.4 Å². The number of rotatable bonds is 7. The van der Waals surface area contributed by atoms with Crippen LogP contribution in [0, 0.1) is 27.7 Å². The van der Waals surface area contributed by atoms with Crippen molar-refractivity contribution in [3.05, 3.63) is 55.9 Å². The topological polar surface area (TPSA) is 104 Å². The molecule has 0 fully saturated rings. The summed E-state index contributed by atoms with van der Waals surface area (Å²) in [4.78, 5) is 46.1. The molecular weight excluding hydrogens is 432 g/mol. The summed E-state index contributed by atoms with van der Waals surface area (Å²) >= 11 is 2.85. The fraction of sp³-hybridized carbons (Fsp3) is 0.364. The molecule has 1 atom stereocenters. The molecule has 2 amide bonds. The molecule has 7 nitrogen and oxygen atoms in total. The van der Waals surface area contributed by atoms with Crippen LogP contribution in [0.3, 0.4) is 0 Å². The molecule has 0 aliphatic rings. The number of hydrogen-bond donors (Lipinski definition) is 3. The summed E-state index contributed by atoms with van der Waals surface area (Å²) < 4.78 is 0. The van der Waals surface area contributed by atoms with Crippen LogP contribution in [0.25, 0.3) is 10.2 Å². The first-order chi connectivity index (χ1) is 14.7. The SMILES string of the molecule is Cc1cccc(NC(=O)CNC(=O)C(C)SCc2nc3sc(C)c(C)c3c(=O)[nH]2)c1C. The molecule has 0 saturated carbocycles. The molecule has 0 radical (unpaired) electrons.